The molecule has 0 radical (unpaired) electrons. The molecule has 0 saturated carbocycles. The predicted octanol–water partition coefficient (Wildman–Crippen LogP) is 5.63. The number of likely N-dealkylation sites (N-methyl/N-ethyl adjacent to an activating group) is 1. The van der Waals surface area contributed by atoms with Crippen LogP contribution in [-0.2, 0) is 4.79 Å². The molecule has 1 unspecified atom stereocenters. The van der Waals surface area contributed by atoms with Crippen LogP contribution in [0.1, 0.15) is 110 Å². The molecule has 0 amide bonds. The average molecular weight is 372 g/mol. The second-order valence-electron chi connectivity index (χ2n) is 8.06. The third-order valence-corrected chi connectivity index (χ3v) is 5.01. The maximum atomic E-state index is 10.4. The molecule has 0 aliphatic rings. The van der Waals surface area contributed by atoms with Gasteiger partial charge >= 0.3 is 5.97 Å². The van der Waals surface area contributed by atoms with E-state index in [-0.39, 0.29) is 6.10 Å². The zero-order valence-corrected chi connectivity index (χ0v) is 17.6. The van der Waals surface area contributed by atoms with Crippen LogP contribution in [0.25, 0.3) is 0 Å². The van der Waals surface area contributed by atoms with Crippen molar-refractivity contribution in [3.8, 4) is 0 Å². The standard InChI is InChI=1S/C22H45NO3/c1-21(24)20-23(2)19-17-15-13-11-9-7-5-3-4-6-8-10-12-14-16-18-22(25)26/h21,24H,3-20H2,1-2H3,(H,25,26). The van der Waals surface area contributed by atoms with Crippen LogP contribution in [-0.4, -0.2) is 47.3 Å². The third-order valence-electron chi connectivity index (χ3n) is 5.01. The van der Waals surface area contributed by atoms with Crippen LogP contribution in [0.5, 0.6) is 0 Å². The van der Waals surface area contributed by atoms with E-state index in [9.17, 15) is 9.90 Å². The van der Waals surface area contributed by atoms with E-state index in [2.05, 4.69) is 11.9 Å². The van der Waals surface area contributed by atoms with Gasteiger partial charge in [0, 0.05) is 13.0 Å². The molecule has 0 aliphatic carbocycles. The van der Waals surface area contributed by atoms with Crippen molar-refractivity contribution in [1.29, 1.82) is 0 Å². The summed E-state index contributed by atoms with van der Waals surface area (Å²) in [5.74, 6) is -0.662. The van der Waals surface area contributed by atoms with E-state index in [1.807, 2.05) is 6.92 Å². The minimum absolute atomic E-state index is 0.219. The maximum absolute atomic E-state index is 10.4. The summed E-state index contributed by atoms with van der Waals surface area (Å²) in [4.78, 5) is 12.6. The summed E-state index contributed by atoms with van der Waals surface area (Å²) in [6, 6.07) is 0. The summed E-state index contributed by atoms with van der Waals surface area (Å²) in [5.41, 5.74) is 0. The van der Waals surface area contributed by atoms with Crippen LogP contribution in [0.4, 0.5) is 0 Å². The van der Waals surface area contributed by atoms with E-state index in [0.717, 1.165) is 25.9 Å². The zero-order chi connectivity index (χ0) is 19.5. The molecular weight excluding hydrogens is 326 g/mol. The maximum Gasteiger partial charge on any atom is 0.303 e. The quantitative estimate of drug-likeness (QED) is 0.272. The molecule has 1 atom stereocenters. The highest BCUT2D eigenvalue weighted by Gasteiger charge is 2.02. The van der Waals surface area contributed by atoms with E-state index in [1.54, 1.807) is 0 Å². The minimum Gasteiger partial charge on any atom is -0.481 e. The van der Waals surface area contributed by atoms with E-state index in [4.69, 9.17) is 5.11 Å². The van der Waals surface area contributed by atoms with Gasteiger partial charge in [-0.1, -0.05) is 83.5 Å². The van der Waals surface area contributed by atoms with Crippen LogP contribution < -0.4 is 0 Å². The molecule has 26 heavy (non-hydrogen) atoms. The number of nitrogens with zero attached hydrogens (tertiary/aromatic N) is 1. The Labute approximate surface area is 162 Å². The average Bonchev–Trinajstić information content (AvgIpc) is 2.56. The molecule has 0 rings (SSSR count). The van der Waals surface area contributed by atoms with E-state index in [1.165, 1.54) is 83.5 Å². The Morgan fingerprint density at radius 1 is 0.731 bits per heavy atom. The smallest absolute Gasteiger partial charge is 0.303 e. The zero-order valence-electron chi connectivity index (χ0n) is 17.6. The van der Waals surface area contributed by atoms with Crippen molar-refractivity contribution in [2.24, 2.45) is 0 Å². The van der Waals surface area contributed by atoms with E-state index >= 15 is 0 Å². The lowest BCUT2D eigenvalue weighted by Gasteiger charge is -2.17. The van der Waals surface area contributed by atoms with Crippen molar-refractivity contribution in [3.05, 3.63) is 0 Å². The number of rotatable bonds is 20. The summed E-state index contributed by atoms with van der Waals surface area (Å²) in [6.45, 7) is 3.73. The van der Waals surface area contributed by atoms with Gasteiger partial charge in [-0.3, -0.25) is 4.79 Å². The molecule has 0 heterocycles. The van der Waals surface area contributed by atoms with Crippen LogP contribution in [0.2, 0.25) is 0 Å². The molecule has 4 heteroatoms. The molecule has 0 aromatic heterocycles. The Morgan fingerprint density at radius 3 is 1.42 bits per heavy atom. The monoisotopic (exact) mass is 371 g/mol. The number of aliphatic hydroxyl groups excluding tert-OH is 1. The van der Waals surface area contributed by atoms with Gasteiger partial charge in [0.05, 0.1) is 6.10 Å². The fourth-order valence-corrected chi connectivity index (χ4v) is 3.50. The van der Waals surface area contributed by atoms with Crippen molar-refractivity contribution >= 4 is 5.97 Å². The van der Waals surface area contributed by atoms with E-state index in [0.29, 0.717) is 6.42 Å². The lowest BCUT2D eigenvalue weighted by Crippen LogP contribution is -2.28. The van der Waals surface area contributed by atoms with Crippen molar-refractivity contribution in [1.82, 2.24) is 4.90 Å². The van der Waals surface area contributed by atoms with Crippen molar-refractivity contribution in [3.63, 3.8) is 0 Å². The van der Waals surface area contributed by atoms with Crippen LogP contribution >= 0.6 is 0 Å². The Morgan fingerprint density at radius 2 is 1.08 bits per heavy atom. The summed E-state index contributed by atoms with van der Waals surface area (Å²) in [7, 11) is 2.09. The van der Waals surface area contributed by atoms with Gasteiger partial charge in [0.2, 0.25) is 0 Å². The Balaban J connectivity index is 3.08. The molecule has 0 aromatic rings. The molecule has 0 aliphatic heterocycles. The summed E-state index contributed by atoms with van der Waals surface area (Å²) in [5, 5.41) is 17.9. The van der Waals surface area contributed by atoms with Crippen molar-refractivity contribution in [2.45, 2.75) is 116 Å². The molecule has 4 nitrogen and oxygen atoms in total. The highest BCUT2D eigenvalue weighted by molar-refractivity contribution is 5.66. The van der Waals surface area contributed by atoms with Gasteiger partial charge in [0.15, 0.2) is 0 Å². The first-order valence-electron chi connectivity index (χ1n) is 11.1. The molecule has 0 fully saturated rings. The number of aliphatic hydroxyl groups is 1. The Bertz CT molecular complexity index is 308. The highest BCUT2D eigenvalue weighted by Crippen LogP contribution is 2.13. The normalized spacial score (nSPS) is 12.6. The number of carbonyl (C=O) groups is 1. The Kier molecular flexibility index (Phi) is 18.7. The van der Waals surface area contributed by atoms with Gasteiger partial charge in [0.1, 0.15) is 0 Å². The van der Waals surface area contributed by atoms with Gasteiger partial charge in [-0.25, -0.2) is 0 Å². The first-order valence-corrected chi connectivity index (χ1v) is 11.1. The fraction of sp³-hybridized carbons (Fsp3) is 0.955. The largest absolute Gasteiger partial charge is 0.481 e. The van der Waals surface area contributed by atoms with Crippen LogP contribution in [0.3, 0.4) is 0 Å². The van der Waals surface area contributed by atoms with Crippen molar-refractivity contribution in [2.75, 3.05) is 20.1 Å². The molecule has 0 bridgehead atoms. The van der Waals surface area contributed by atoms with Gasteiger partial charge < -0.3 is 15.1 Å². The third kappa shape index (κ3) is 21.4. The minimum atomic E-state index is -0.662. The second-order valence-corrected chi connectivity index (χ2v) is 8.06. The second kappa shape index (κ2) is 19.2. The molecule has 0 aromatic carbocycles. The molecule has 156 valence electrons. The first kappa shape index (κ1) is 25.4. The topological polar surface area (TPSA) is 60.8 Å². The number of hydrogen-bond donors (Lipinski definition) is 2. The predicted molar refractivity (Wildman–Crippen MR) is 111 cm³/mol. The van der Waals surface area contributed by atoms with Gasteiger partial charge in [-0.05, 0) is 33.4 Å². The summed E-state index contributed by atoms with van der Waals surface area (Å²) >= 11 is 0. The number of hydrogen-bond acceptors (Lipinski definition) is 3. The number of carboxylic acid groups (broad SMARTS) is 1. The SMILES string of the molecule is CC(O)CN(C)CCCCCCCCCCCCCCCCCC(=O)O. The highest BCUT2D eigenvalue weighted by atomic mass is 16.4. The van der Waals surface area contributed by atoms with Crippen molar-refractivity contribution < 1.29 is 15.0 Å². The molecule has 0 spiro atoms. The van der Waals surface area contributed by atoms with Crippen LogP contribution in [0, 0.1) is 0 Å². The molecule has 0 saturated heterocycles. The van der Waals surface area contributed by atoms with Gasteiger partial charge in [-0.2, -0.15) is 0 Å². The molecular formula is C22H45NO3. The fourth-order valence-electron chi connectivity index (χ4n) is 3.50. The number of unbranched alkanes of at least 4 members (excludes halogenated alkanes) is 14. The summed E-state index contributed by atoms with van der Waals surface area (Å²) < 4.78 is 0. The molecule has 2 N–H and O–H groups in total. The van der Waals surface area contributed by atoms with Gasteiger partial charge in [0.25, 0.3) is 0 Å². The lowest BCUT2D eigenvalue weighted by molar-refractivity contribution is -0.137. The Hall–Kier alpha value is -0.610. The summed E-state index contributed by atoms with van der Waals surface area (Å²) in [6.07, 6.45) is 19.3. The lowest BCUT2D eigenvalue weighted by atomic mass is 10.0. The van der Waals surface area contributed by atoms with Gasteiger partial charge in [-0.15, -0.1) is 0 Å². The first-order chi connectivity index (χ1) is 12.5. The van der Waals surface area contributed by atoms with E-state index < -0.39 is 5.97 Å². The number of carboxylic acids is 1. The number of aliphatic carboxylic acids is 1. The van der Waals surface area contributed by atoms with Crippen LogP contribution in [0.15, 0.2) is 0 Å².